The highest BCUT2D eigenvalue weighted by molar-refractivity contribution is 5.54. The highest BCUT2D eigenvalue weighted by atomic mass is 16.5. The van der Waals surface area contributed by atoms with Gasteiger partial charge in [0, 0.05) is 12.6 Å². The molecule has 0 radical (unpaired) electrons. The van der Waals surface area contributed by atoms with Crippen LogP contribution in [0.3, 0.4) is 0 Å². The maximum absolute atomic E-state index is 9.03. The fourth-order valence-corrected chi connectivity index (χ4v) is 1.47. The van der Waals surface area contributed by atoms with Crippen LogP contribution in [0.2, 0.25) is 0 Å². The fraction of sp³-hybridized carbons (Fsp3) is 0.500. The molecular formula is C12H20N2O2. The third-order valence-corrected chi connectivity index (χ3v) is 2.74. The number of aliphatic hydroxyl groups is 1. The van der Waals surface area contributed by atoms with Crippen molar-refractivity contribution >= 4 is 5.69 Å². The molecule has 0 spiro atoms. The fourth-order valence-electron chi connectivity index (χ4n) is 1.47. The smallest absolute Gasteiger partial charge is 0.141 e. The first-order valence-corrected chi connectivity index (χ1v) is 5.32. The summed E-state index contributed by atoms with van der Waals surface area (Å²) >= 11 is 0. The van der Waals surface area contributed by atoms with Gasteiger partial charge in [0.1, 0.15) is 5.75 Å². The highest BCUT2D eigenvalue weighted by Crippen LogP contribution is 2.22. The number of nitrogens with zero attached hydrogens (tertiary/aromatic N) is 1. The van der Waals surface area contributed by atoms with Crippen LogP contribution in [0.4, 0.5) is 5.69 Å². The Morgan fingerprint density at radius 3 is 2.69 bits per heavy atom. The topological polar surface area (TPSA) is 58.7 Å². The zero-order chi connectivity index (χ0) is 12.1. The monoisotopic (exact) mass is 224 g/mol. The third-order valence-electron chi connectivity index (χ3n) is 2.74. The Morgan fingerprint density at radius 1 is 1.50 bits per heavy atom. The molecule has 3 N–H and O–H groups in total. The van der Waals surface area contributed by atoms with Gasteiger partial charge in [-0.25, -0.2) is 0 Å². The second-order valence-corrected chi connectivity index (χ2v) is 4.02. The Balaban J connectivity index is 2.71. The van der Waals surface area contributed by atoms with E-state index in [0.29, 0.717) is 11.4 Å². The van der Waals surface area contributed by atoms with Crippen molar-refractivity contribution in [3.8, 4) is 5.75 Å². The predicted molar refractivity (Wildman–Crippen MR) is 65.4 cm³/mol. The van der Waals surface area contributed by atoms with Crippen molar-refractivity contribution in [1.82, 2.24) is 4.90 Å². The van der Waals surface area contributed by atoms with Gasteiger partial charge >= 0.3 is 0 Å². The summed E-state index contributed by atoms with van der Waals surface area (Å²) in [5, 5.41) is 9.03. The van der Waals surface area contributed by atoms with Crippen molar-refractivity contribution in [2.45, 2.75) is 19.5 Å². The van der Waals surface area contributed by atoms with Crippen LogP contribution in [0.1, 0.15) is 12.5 Å². The van der Waals surface area contributed by atoms with Gasteiger partial charge in [0.05, 0.1) is 19.4 Å². The van der Waals surface area contributed by atoms with E-state index in [1.807, 2.05) is 32.2 Å². The number of rotatable bonds is 5. The van der Waals surface area contributed by atoms with E-state index < -0.39 is 0 Å². The number of hydrogen-bond donors (Lipinski definition) is 2. The minimum atomic E-state index is 0.142. The SMILES string of the molecule is COc1ccc(CN(C)C(C)CO)cc1N. The van der Waals surface area contributed by atoms with Crippen LogP contribution >= 0.6 is 0 Å². The summed E-state index contributed by atoms with van der Waals surface area (Å²) in [5.41, 5.74) is 7.58. The van der Waals surface area contributed by atoms with Crippen molar-refractivity contribution < 1.29 is 9.84 Å². The number of nitrogens with two attached hydrogens (primary N) is 1. The zero-order valence-corrected chi connectivity index (χ0v) is 10.1. The van der Waals surface area contributed by atoms with Gasteiger partial charge in [-0.3, -0.25) is 4.90 Å². The molecule has 0 fully saturated rings. The van der Waals surface area contributed by atoms with Gasteiger partial charge in [-0.05, 0) is 31.7 Å². The molecule has 0 heterocycles. The van der Waals surface area contributed by atoms with Crippen molar-refractivity contribution in [2.75, 3.05) is 26.5 Å². The Kier molecular flexibility index (Phi) is 4.58. The molecule has 1 aromatic carbocycles. The summed E-state index contributed by atoms with van der Waals surface area (Å²) in [5.74, 6) is 0.696. The Hall–Kier alpha value is -1.26. The van der Waals surface area contributed by atoms with Crippen molar-refractivity contribution in [3.05, 3.63) is 23.8 Å². The van der Waals surface area contributed by atoms with Crippen molar-refractivity contribution in [1.29, 1.82) is 0 Å². The number of benzene rings is 1. The molecule has 1 unspecified atom stereocenters. The average Bonchev–Trinajstić information content (AvgIpc) is 2.28. The number of nitrogen functional groups attached to an aromatic ring is 1. The van der Waals surface area contributed by atoms with E-state index in [4.69, 9.17) is 15.6 Å². The van der Waals surface area contributed by atoms with Crippen molar-refractivity contribution in [2.24, 2.45) is 0 Å². The van der Waals surface area contributed by atoms with Gasteiger partial charge in [-0.1, -0.05) is 6.07 Å². The number of likely N-dealkylation sites (N-methyl/N-ethyl adjacent to an activating group) is 1. The number of aliphatic hydroxyl groups excluding tert-OH is 1. The molecule has 4 nitrogen and oxygen atoms in total. The van der Waals surface area contributed by atoms with E-state index in [1.165, 1.54) is 0 Å². The first-order chi connectivity index (χ1) is 7.58. The molecule has 0 aliphatic carbocycles. The molecule has 0 saturated carbocycles. The second-order valence-electron chi connectivity index (χ2n) is 4.02. The molecule has 90 valence electrons. The van der Waals surface area contributed by atoms with Gasteiger partial charge in [-0.15, -0.1) is 0 Å². The molecular weight excluding hydrogens is 204 g/mol. The van der Waals surface area contributed by atoms with Crippen LogP contribution in [0, 0.1) is 0 Å². The van der Waals surface area contributed by atoms with Gasteiger partial charge in [0.2, 0.25) is 0 Å². The molecule has 1 rings (SSSR count). The van der Waals surface area contributed by atoms with E-state index in [9.17, 15) is 0 Å². The largest absolute Gasteiger partial charge is 0.495 e. The lowest BCUT2D eigenvalue weighted by molar-refractivity contribution is 0.154. The maximum Gasteiger partial charge on any atom is 0.141 e. The predicted octanol–water partition coefficient (Wildman–Crippen LogP) is 1.09. The quantitative estimate of drug-likeness (QED) is 0.735. The second kappa shape index (κ2) is 5.72. The summed E-state index contributed by atoms with van der Waals surface area (Å²) < 4.78 is 5.09. The number of methoxy groups -OCH3 is 1. The highest BCUT2D eigenvalue weighted by Gasteiger charge is 2.09. The minimum absolute atomic E-state index is 0.142. The Bertz CT molecular complexity index is 342. The van der Waals surface area contributed by atoms with Gasteiger partial charge < -0.3 is 15.6 Å². The molecule has 0 saturated heterocycles. The Labute approximate surface area is 96.6 Å². The van der Waals surface area contributed by atoms with Gasteiger partial charge in [0.15, 0.2) is 0 Å². The molecule has 4 heteroatoms. The van der Waals surface area contributed by atoms with Crippen LogP contribution in [-0.2, 0) is 6.54 Å². The molecule has 0 aliphatic rings. The first kappa shape index (κ1) is 12.8. The molecule has 0 aliphatic heterocycles. The van der Waals surface area contributed by atoms with Gasteiger partial charge in [-0.2, -0.15) is 0 Å². The Morgan fingerprint density at radius 2 is 2.19 bits per heavy atom. The van der Waals surface area contributed by atoms with E-state index in [2.05, 4.69) is 4.90 Å². The van der Waals surface area contributed by atoms with Crippen LogP contribution < -0.4 is 10.5 Å². The summed E-state index contributed by atoms with van der Waals surface area (Å²) in [6.45, 7) is 2.89. The van der Waals surface area contributed by atoms with Crippen LogP contribution in [-0.4, -0.2) is 36.8 Å². The lowest BCUT2D eigenvalue weighted by Gasteiger charge is -2.23. The van der Waals surface area contributed by atoms with E-state index >= 15 is 0 Å². The summed E-state index contributed by atoms with van der Waals surface area (Å²) in [6.07, 6.45) is 0. The van der Waals surface area contributed by atoms with Crippen LogP contribution in [0.25, 0.3) is 0 Å². The third kappa shape index (κ3) is 3.12. The number of anilines is 1. The van der Waals surface area contributed by atoms with Crippen LogP contribution in [0.5, 0.6) is 5.75 Å². The molecule has 0 bridgehead atoms. The zero-order valence-electron chi connectivity index (χ0n) is 10.1. The summed E-state index contributed by atoms with van der Waals surface area (Å²) in [4.78, 5) is 2.07. The van der Waals surface area contributed by atoms with E-state index in [0.717, 1.165) is 12.1 Å². The standard InChI is InChI=1S/C12H20N2O2/c1-9(8-15)14(2)7-10-4-5-12(16-3)11(13)6-10/h4-6,9,15H,7-8,13H2,1-3H3. The number of hydrogen-bond acceptors (Lipinski definition) is 4. The van der Waals surface area contributed by atoms with Gasteiger partial charge in [0.25, 0.3) is 0 Å². The molecule has 1 aromatic rings. The molecule has 0 aromatic heterocycles. The van der Waals surface area contributed by atoms with Crippen molar-refractivity contribution in [3.63, 3.8) is 0 Å². The lowest BCUT2D eigenvalue weighted by atomic mass is 10.1. The summed E-state index contributed by atoms with van der Waals surface area (Å²) in [6, 6.07) is 5.89. The average molecular weight is 224 g/mol. The van der Waals surface area contributed by atoms with E-state index in [1.54, 1.807) is 7.11 Å². The molecule has 1 atom stereocenters. The normalized spacial score (nSPS) is 12.8. The first-order valence-electron chi connectivity index (χ1n) is 5.32. The lowest BCUT2D eigenvalue weighted by Crippen LogP contribution is -2.31. The molecule has 0 amide bonds. The summed E-state index contributed by atoms with van der Waals surface area (Å²) in [7, 11) is 3.58. The molecule has 16 heavy (non-hydrogen) atoms. The number of ether oxygens (including phenoxy) is 1. The maximum atomic E-state index is 9.03. The minimum Gasteiger partial charge on any atom is -0.495 e. The van der Waals surface area contributed by atoms with Crippen LogP contribution in [0.15, 0.2) is 18.2 Å². The van der Waals surface area contributed by atoms with E-state index in [-0.39, 0.29) is 12.6 Å².